The lowest BCUT2D eigenvalue weighted by atomic mass is 10.1. The number of anilines is 1. The molecule has 0 aliphatic carbocycles. The molecule has 3 heterocycles. The first-order valence-electron chi connectivity index (χ1n) is 12.3. The summed E-state index contributed by atoms with van der Waals surface area (Å²) in [5.41, 5.74) is 1.02. The lowest BCUT2D eigenvalue weighted by Crippen LogP contribution is -2.50. The van der Waals surface area contributed by atoms with Gasteiger partial charge in [0, 0.05) is 47.9 Å². The number of carbonyl (C=O) groups excluding carboxylic acids is 1. The molecule has 0 saturated carbocycles. The van der Waals surface area contributed by atoms with Crippen molar-refractivity contribution in [2.24, 2.45) is 0 Å². The molecule has 1 fully saturated rings. The number of ether oxygens (including phenoxy) is 2. The summed E-state index contributed by atoms with van der Waals surface area (Å²) < 4.78 is 39.4. The maximum absolute atomic E-state index is 12.3. The summed E-state index contributed by atoms with van der Waals surface area (Å²) in [4.78, 5) is 29.3. The molecule has 1 aliphatic heterocycles. The van der Waals surface area contributed by atoms with Gasteiger partial charge in [0.2, 0.25) is 11.8 Å². The third-order valence-electron chi connectivity index (χ3n) is 5.51. The Balaban J connectivity index is 1.48. The van der Waals surface area contributed by atoms with E-state index in [1.165, 1.54) is 12.4 Å². The lowest BCUT2D eigenvalue weighted by molar-refractivity contribution is 0.0240. The second kappa shape index (κ2) is 12.1. The molecule has 0 unspecified atom stereocenters. The zero-order valence-electron chi connectivity index (χ0n) is 22.4. The third-order valence-corrected chi connectivity index (χ3v) is 6.49. The van der Waals surface area contributed by atoms with Crippen LogP contribution in [0.2, 0.25) is 10.0 Å². The van der Waals surface area contributed by atoms with E-state index in [2.05, 4.69) is 15.0 Å². The smallest absolute Gasteiger partial charge is 0.410 e. The molecule has 2 aromatic heterocycles. The lowest BCUT2D eigenvalue weighted by Gasteiger charge is -2.35. The van der Waals surface area contributed by atoms with Crippen LogP contribution in [0.1, 0.15) is 26.3 Å². The van der Waals surface area contributed by atoms with Gasteiger partial charge < -0.3 is 19.3 Å². The Kier molecular flexibility index (Phi) is 9.03. The minimum absolute atomic E-state index is 0.169. The van der Waals surface area contributed by atoms with Gasteiger partial charge in [0.1, 0.15) is 5.60 Å². The summed E-state index contributed by atoms with van der Waals surface area (Å²) in [6, 6.07) is 8.18. The summed E-state index contributed by atoms with van der Waals surface area (Å²) in [7, 11) is -3.67. The maximum Gasteiger partial charge on any atom is 0.410 e. The van der Waals surface area contributed by atoms with E-state index >= 15 is 0 Å². The van der Waals surface area contributed by atoms with Crippen LogP contribution in [0.15, 0.2) is 42.7 Å². The highest BCUT2D eigenvalue weighted by Gasteiger charge is 2.26. The normalized spacial score (nSPS) is 14.2. The van der Waals surface area contributed by atoms with Crippen molar-refractivity contribution in [3.63, 3.8) is 0 Å². The van der Waals surface area contributed by atoms with Crippen molar-refractivity contribution in [2.75, 3.05) is 37.3 Å². The molecule has 40 heavy (non-hydrogen) atoms. The number of amides is 1. The molecule has 0 N–H and O–H groups in total. The van der Waals surface area contributed by atoms with E-state index in [1.807, 2.05) is 25.7 Å². The van der Waals surface area contributed by atoms with Crippen LogP contribution in [0.4, 0.5) is 10.7 Å². The van der Waals surface area contributed by atoms with Gasteiger partial charge in [0.25, 0.3) is 10.1 Å². The topological polar surface area (TPSA) is 124 Å². The molecule has 14 heteroatoms. The van der Waals surface area contributed by atoms with Crippen LogP contribution < -0.4 is 9.64 Å². The van der Waals surface area contributed by atoms with E-state index in [-0.39, 0.29) is 18.6 Å². The van der Waals surface area contributed by atoms with Crippen LogP contribution >= 0.6 is 23.2 Å². The zero-order chi connectivity index (χ0) is 29.1. The minimum atomic E-state index is -3.67. The average molecular weight is 611 g/mol. The van der Waals surface area contributed by atoms with Gasteiger partial charge in [-0.3, -0.25) is 4.18 Å². The predicted molar refractivity (Wildman–Crippen MR) is 151 cm³/mol. The Labute approximate surface area is 243 Å². The first-order valence-corrected chi connectivity index (χ1v) is 14.9. The molecule has 1 aliphatic rings. The zero-order valence-corrected chi connectivity index (χ0v) is 24.8. The molecule has 0 atom stereocenters. The monoisotopic (exact) mass is 609 g/mol. The summed E-state index contributed by atoms with van der Waals surface area (Å²) in [6.45, 7) is 7.36. The van der Waals surface area contributed by atoms with Crippen LogP contribution in [0, 0.1) is 0 Å². The highest BCUT2D eigenvalue weighted by Crippen LogP contribution is 2.30. The maximum atomic E-state index is 12.3. The number of aromatic nitrogens is 3. The molecule has 214 valence electrons. The van der Waals surface area contributed by atoms with Crippen LogP contribution in [0.5, 0.6) is 11.6 Å². The molecule has 3 aromatic rings. The van der Waals surface area contributed by atoms with Crippen LogP contribution in [-0.2, 0) is 25.6 Å². The Morgan fingerprint density at radius 1 is 0.975 bits per heavy atom. The van der Waals surface area contributed by atoms with E-state index in [1.54, 1.807) is 35.2 Å². The van der Waals surface area contributed by atoms with E-state index in [0.717, 1.165) is 6.26 Å². The number of hydrogen-bond donors (Lipinski definition) is 0. The summed E-state index contributed by atoms with van der Waals surface area (Å²) in [5, 5.41) is 0.834. The first-order chi connectivity index (χ1) is 18.7. The second-order valence-corrected chi connectivity index (χ2v) is 12.6. The van der Waals surface area contributed by atoms with Crippen molar-refractivity contribution >= 4 is 45.4 Å². The summed E-state index contributed by atoms with van der Waals surface area (Å²) in [6.07, 6.45) is 3.66. The number of benzene rings is 1. The molecule has 11 nitrogen and oxygen atoms in total. The SMILES string of the molecule is CC(C)(C)OC(=O)N1CCN(c2ncc(Oc3cc(COS(C)(=O)=O)cc(-c4cc(Cl)cc(Cl)c4)n3)cn2)CC1. The quantitative estimate of drug-likeness (QED) is 0.331. The largest absolute Gasteiger partial charge is 0.444 e. The van der Waals surface area contributed by atoms with Gasteiger partial charge >= 0.3 is 6.09 Å². The van der Waals surface area contributed by atoms with Crippen LogP contribution in [-0.4, -0.2) is 72.4 Å². The number of nitrogens with zero attached hydrogens (tertiary/aromatic N) is 5. The molecule has 1 amide bonds. The Hall–Kier alpha value is -3.19. The van der Waals surface area contributed by atoms with E-state index in [0.29, 0.717) is 64.7 Å². The minimum Gasteiger partial charge on any atom is -0.444 e. The number of hydrogen-bond acceptors (Lipinski definition) is 10. The Morgan fingerprint density at radius 3 is 2.17 bits per heavy atom. The fourth-order valence-electron chi connectivity index (χ4n) is 3.78. The highest BCUT2D eigenvalue weighted by atomic mass is 35.5. The molecule has 1 aromatic carbocycles. The van der Waals surface area contributed by atoms with E-state index in [9.17, 15) is 13.2 Å². The van der Waals surface area contributed by atoms with Gasteiger partial charge in [-0.05, 0) is 50.6 Å². The third kappa shape index (κ3) is 8.65. The molecular weight excluding hydrogens is 581 g/mol. The van der Waals surface area contributed by atoms with Gasteiger partial charge in [-0.15, -0.1) is 0 Å². The van der Waals surface area contributed by atoms with Crippen LogP contribution in [0.3, 0.4) is 0 Å². The van der Waals surface area contributed by atoms with Gasteiger partial charge in [0.15, 0.2) is 5.75 Å². The van der Waals surface area contributed by atoms with Crippen molar-refractivity contribution in [3.05, 3.63) is 58.3 Å². The molecule has 4 rings (SSSR count). The van der Waals surface area contributed by atoms with Crippen molar-refractivity contribution < 1.29 is 26.9 Å². The number of pyridine rings is 1. The molecule has 0 bridgehead atoms. The Bertz CT molecular complexity index is 1450. The fraction of sp³-hybridized carbons (Fsp3) is 0.385. The summed E-state index contributed by atoms with van der Waals surface area (Å²) in [5.74, 6) is 0.983. The standard InChI is InChI=1S/C26H29Cl2N5O6S/c1-26(2,3)39-25(34)33-7-5-32(6-8-33)24-29-14-21(15-30-24)38-23-10-17(16-37-40(4,35)36)9-22(31-23)18-11-19(27)13-20(28)12-18/h9-15H,5-8,16H2,1-4H3. The van der Waals surface area contributed by atoms with Crippen molar-refractivity contribution in [1.29, 1.82) is 0 Å². The average Bonchev–Trinajstić information content (AvgIpc) is 2.86. The second-order valence-electron chi connectivity index (χ2n) is 10.1. The number of carbonyl (C=O) groups is 1. The molecular formula is C26H29Cl2N5O6S. The van der Waals surface area contributed by atoms with E-state index in [4.69, 9.17) is 36.9 Å². The highest BCUT2D eigenvalue weighted by molar-refractivity contribution is 7.85. The predicted octanol–water partition coefficient (Wildman–Crippen LogP) is 5.17. The molecule has 0 spiro atoms. The van der Waals surface area contributed by atoms with Crippen molar-refractivity contribution in [1.82, 2.24) is 19.9 Å². The number of piperazine rings is 1. The van der Waals surface area contributed by atoms with Gasteiger partial charge in [-0.25, -0.2) is 19.7 Å². The number of rotatable bonds is 7. The Morgan fingerprint density at radius 2 is 1.60 bits per heavy atom. The molecule has 0 radical (unpaired) electrons. The summed E-state index contributed by atoms with van der Waals surface area (Å²) >= 11 is 12.3. The van der Waals surface area contributed by atoms with E-state index < -0.39 is 15.7 Å². The van der Waals surface area contributed by atoms with Gasteiger partial charge in [0.05, 0.1) is 31.0 Å². The first kappa shape index (κ1) is 29.8. The fourth-order valence-corrected chi connectivity index (χ4v) is 4.66. The molecule has 1 saturated heterocycles. The van der Waals surface area contributed by atoms with Gasteiger partial charge in [-0.2, -0.15) is 8.42 Å². The van der Waals surface area contributed by atoms with Gasteiger partial charge in [-0.1, -0.05) is 23.2 Å². The van der Waals surface area contributed by atoms with Crippen molar-refractivity contribution in [3.8, 4) is 22.9 Å². The number of halogens is 2. The van der Waals surface area contributed by atoms with Crippen LogP contribution in [0.25, 0.3) is 11.3 Å². The van der Waals surface area contributed by atoms with Crippen molar-refractivity contribution in [2.45, 2.75) is 33.0 Å².